The normalized spacial score (nSPS) is 49.8. The van der Waals surface area contributed by atoms with Crippen LogP contribution in [0.5, 0.6) is 0 Å². The highest BCUT2D eigenvalue weighted by Crippen LogP contribution is 3.16. The summed E-state index contributed by atoms with van der Waals surface area (Å²) >= 11 is 0. The average Bonchev–Trinajstić information content (AvgIpc) is 2.57. The first-order chi connectivity index (χ1) is 17.0. The third-order valence-electron chi connectivity index (χ3n) is 15.8. The lowest BCUT2D eigenvalue weighted by Gasteiger charge is -3.38. The Morgan fingerprint density at radius 3 is 0.225 bits per heavy atom. The maximum absolute atomic E-state index is 2.94. The number of hydrogen-bond acceptors (Lipinski definition) is 0. The second-order valence-corrected chi connectivity index (χ2v) is 138. The Bertz CT molecular complexity index is 853. The smallest absolute Gasteiger partial charge is 0.0302 e. The monoisotopic (exact) mass is 680 g/mol. The van der Waals surface area contributed by atoms with Crippen LogP contribution in [0.2, 0.25) is 40.3 Å². The molecule has 0 unspecified atom stereocenters. The van der Waals surface area contributed by atoms with Crippen molar-refractivity contribution in [2.75, 3.05) is 0 Å². The van der Waals surface area contributed by atoms with Gasteiger partial charge in [-0.15, -0.1) is 0 Å². The maximum Gasteiger partial charge on any atom is 0.0302 e. The molecular weight excluding hydrogens is 609 g/mol. The van der Waals surface area contributed by atoms with Crippen molar-refractivity contribution >= 4 is 53.0 Å². The molecule has 0 N–H and O–H groups in total. The average molecular weight is 682 g/mol. The molecule has 0 amide bonds. The fourth-order valence-corrected chi connectivity index (χ4v) is 1120. The molecule has 6 rings (SSSR count). The number of rotatable bonds is 0. The van der Waals surface area contributed by atoms with E-state index in [4.69, 9.17) is 0 Å². The number of hydrogen-bond donors (Lipinski definition) is 0. The molecule has 0 nitrogen and oxygen atoms in total. The molecule has 0 aliphatic carbocycles. The maximum atomic E-state index is 2.94. The zero-order valence-corrected chi connectivity index (χ0v) is 40.0. The van der Waals surface area contributed by atoms with Crippen LogP contribution >= 0.6 is 0 Å². The molecule has 6 saturated heterocycles. The van der Waals surface area contributed by atoms with Gasteiger partial charge in [-0.25, -0.2) is 0 Å². The molecule has 0 atom stereocenters. The van der Waals surface area contributed by atoms with Crippen molar-refractivity contribution in [3.05, 3.63) is 0 Å². The van der Waals surface area contributed by atoms with Gasteiger partial charge >= 0.3 is 0 Å². The summed E-state index contributed by atoms with van der Waals surface area (Å²) < 4.78 is 0. The van der Waals surface area contributed by atoms with Crippen molar-refractivity contribution in [2.45, 2.75) is 206 Å². The molecule has 8 heteroatoms. The van der Waals surface area contributed by atoms with E-state index in [0.717, 1.165) is 0 Å². The Labute approximate surface area is 258 Å². The second kappa shape index (κ2) is 6.73. The fourth-order valence-electron chi connectivity index (χ4n) is 19.9. The molecule has 0 aromatic heterocycles. The van der Waals surface area contributed by atoms with E-state index in [9.17, 15) is 0 Å². The first-order valence-corrected chi connectivity index (χ1v) is 45.0. The van der Waals surface area contributed by atoms with Crippen LogP contribution in [-0.2, 0) is 0 Å². The lowest BCUT2D eigenvalue weighted by molar-refractivity contribution is 0.627. The predicted molar refractivity (Wildman–Crippen MR) is 204 cm³/mol. The lowest BCUT2D eigenvalue weighted by Crippen LogP contribution is -3.70. The van der Waals surface area contributed by atoms with Crippen molar-refractivity contribution in [2.24, 2.45) is 0 Å². The lowest BCUT2D eigenvalue weighted by atomic mass is 10.2. The van der Waals surface area contributed by atoms with E-state index in [0.29, 0.717) is 40.3 Å². The van der Waals surface area contributed by atoms with Gasteiger partial charge in [0, 0.05) is 53.0 Å². The summed E-state index contributed by atoms with van der Waals surface area (Å²) in [6, 6.07) is 0. The first-order valence-electron chi connectivity index (χ1n) is 17.0. The van der Waals surface area contributed by atoms with Crippen LogP contribution in [0.4, 0.5) is 0 Å². The summed E-state index contributed by atoms with van der Waals surface area (Å²) in [5.74, 6) is 0. The highest BCUT2D eigenvalue weighted by atomic mass is 31.1. The molecule has 6 fully saturated rings. The third-order valence-corrected chi connectivity index (χ3v) is 412. The van der Waals surface area contributed by atoms with Gasteiger partial charge in [0.1, 0.15) is 0 Å². The summed E-state index contributed by atoms with van der Waals surface area (Å²) in [5, 5.41) is 5.08. The van der Waals surface area contributed by atoms with Gasteiger partial charge in [-0.3, -0.25) is 0 Å². The zero-order chi connectivity index (χ0) is 32.0. The van der Waals surface area contributed by atoms with Crippen LogP contribution < -0.4 is 0 Å². The quantitative estimate of drug-likeness (QED) is 0.223. The molecular formula is C32H72Si8. The standard InChI is InChI=1S/C32H72Si8/c1-25(2,3)33-34(26(4,5)6)37(29(13,14)15)35(33,27(7,8)9)39(31(19,20)21)36(33,28(10,11)12)38(34,30(16,17)18)40(37,39)32(22,23)24/h1-24H3. The van der Waals surface area contributed by atoms with Gasteiger partial charge in [0.15, 0.2) is 0 Å². The highest BCUT2D eigenvalue weighted by molar-refractivity contribution is 8.94. The molecule has 6 heterocycles. The van der Waals surface area contributed by atoms with Gasteiger partial charge in [-0.05, 0) is 40.3 Å². The van der Waals surface area contributed by atoms with Crippen LogP contribution in [0.25, 0.3) is 0 Å². The molecule has 232 valence electrons. The van der Waals surface area contributed by atoms with E-state index >= 15 is 0 Å². The van der Waals surface area contributed by atoms with Gasteiger partial charge in [0.2, 0.25) is 0 Å². The van der Waals surface area contributed by atoms with Crippen molar-refractivity contribution in [1.82, 2.24) is 0 Å². The van der Waals surface area contributed by atoms with Crippen LogP contribution in [0.15, 0.2) is 0 Å². The Hall–Kier alpha value is 1.74. The molecule has 0 saturated carbocycles. The van der Waals surface area contributed by atoms with Crippen molar-refractivity contribution in [1.29, 1.82) is 0 Å². The van der Waals surface area contributed by atoms with Gasteiger partial charge in [-0.2, -0.15) is 0 Å². The van der Waals surface area contributed by atoms with Crippen LogP contribution in [0.3, 0.4) is 0 Å². The van der Waals surface area contributed by atoms with Gasteiger partial charge in [0.25, 0.3) is 0 Å². The minimum atomic E-state index is -1.50. The van der Waals surface area contributed by atoms with Crippen LogP contribution in [0, 0.1) is 0 Å². The molecule has 0 radical (unpaired) electrons. The first kappa shape index (κ1) is 33.1. The third kappa shape index (κ3) is 1.81. The Kier molecular flexibility index (Phi) is 5.57. The van der Waals surface area contributed by atoms with Gasteiger partial charge in [-0.1, -0.05) is 166 Å². The van der Waals surface area contributed by atoms with Crippen molar-refractivity contribution < 1.29 is 0 Å². The van der Waals surface area contributed by atoms with Gasteiger partial charge < -0.3 is 0 Å². The molecule has 40 heavy (non-hydrogen) atoms. The molecule has 0 spiro atoms. The second-order valence-electron chi connectivity index (χ2n) is 24.0. The summed E-state index contributed by atoms with van der Waals surface area (Å²) in [6.07, 6.45) is 0. The minimum absolute atomic E-state index is 0.635. The van der Waals surface area contributed by atoms with Crippen LogP contribution in [0.1, 0.15) is 166 Å². The molecule has 0 bridgehead atoms. The van der Waals surface area contributed by atoms with E-state index in [2.05, 4.69) is 166 Å². The van der Waals surface area contributed by atoms with Crippen molar-refractivity contribution in [3.8, 4) is 0 Å². The summed E-state index contributed by atoms with van der Waals surface area (Å²) in [5.41, 5.74) is 0. The Balaban J connectivity index is 2.27. The molecule has 6 aliphatic heterocycles. The minimum Gasteiger partial charge on any atom is -0.0633 e. The van der Waals surface area contributed by atoms with E-state index in [1.165, 1.54) is 0 Å². The van der Waals surface area contributed by atoms with E-state index in [1.807, 2.05) is 0 Å². The summed E-state index contributed by atoms with van der Waals surface area (Å²) in [7, 11) is 0. The topological polar surface area (TPSA) is 0 Å². The molecule has 6 aliphatic rings. The fraction of sp³-hybridized carbons (Fsp3) is 1.00. The summed E-state index contributed by atoms with van der Waals surface area (Å²) in [6.45, 7) is 58.5. The SMILES string of the molecule is CC(C)(C)[Si]12[Si]3(C(C)(C)C)[Si]4(C(C)(C)C)[Si]1(C(C)(C)C)[Si]1(C(C)(C)C)[Si]2(C(C)(C)C)[Si]3(C(C)(C)C)[Si]41C(C)(C)C. The Morgan fingerprint density at radius 2 is 0.200 bits per heavy atom. The van der Waals surface area contributed by atoms with Crippen LogP contribution in [-0.4, -0.2) is 53.0 Å². The predicted octanol–water partition coefficient (Wildman–Crippen LogP) is 11.0. The zero-order valence-electron chi connectivity index (χ0n) is 32.0. The largest absolute Gasteiger partial charge is 0.0633 e. The van der Waals surface area contributed by atoms with E-state index in [1.54, 1.807) is 0 Å². The molecule has 0 aromatic carbocycles. The molecule has 0 aromatic rings. The van der Waals surface area contributed by atoms with Gasteiger partial charge in [0.05, 0.1) is 0 Å². The van der Waals surface area contributed by atoms with E-state index in [-0.39, 0.29) is 0 Å². The Morgan fingerprint density at radius 1 is 0.150 bits per heavy atom. The van der Waals surface area contributed by atoms with E-state index < -0.39 is 53.0 Å². The van der Waals surface area contributed by atoms with Crippen molar-refractivity contribution in [3.63, 3.8) is 0 Å². The summed E-state index contributed by atoms with van der Waals surface area (Å²) in [4.78, 5) is 0. The highest BCUT2D eigenvalue weighted by Gasteiger charge is 3.43.